The van der Waals surface area contributed by atoms with E-state index in [1.807, 2.05) is 10.6 Å². The fourth-order valence-electron chi connectivity index (χ4n) is 1.31. The van der Waals surface area contributed by atoms with E-state index in [9.17, 15) is 23.2 Å². The Morgan fingerprint density at radius 1 is 1.30 bits per heavy atom. The Balaban J connectivity index is 2.72. The number of hydrogen-bond acceptors (Lipinski definition) is 3. The lowest BCUT2D eigenvalue weighted by Gasteiger charge is -2.14. The fraction of sp³-hybridized carbons (Fsp3) is 0.182. The normalized spacial score (nSPS) is 11.5. The van der Waals surface area contributed by atoms with Crippen molar-refractivity contribution in [2.24, 2.45) is 5.73 Å². The predicted octanol–water partition coefficient (Wildman–Crippen LogP) is 0.415. The van der Waals surface area contributed by atoms with Gasteiger partial charge in [0, 0.05) is 6.07 Å². The number of nitrogens with one attached hydrogen (secondary N) is 2. The van der Waals surface area contributed by atoms with Gasteiger partial charge in [-0.1, -0.05) is 0 Å². The van der Waals surface area contributed by atoms with Gasteiger partial charge in [-0.05, 0) is 12.1 Å². The zero-order valence-electron chi connectivity index (χ0n) is 10.0. The molecule has 0 fully saturated rings. The molecule has 7 nitrogen and oxygen atoms in total. The summed E-state index contributed by atoms with van der Waals surface area (Å²) in [6.07, 6.45) is -0.631. The Morgan fingerprint density at radius 2 is 1.95 bits per heavy atom. The first kappa shape index (κ1) is 15.3. The molecule has 5 N–H and O–H groups in total. The number of primary amides is 1. The van der Waals surface area contributed by atoms with Gasteiger partial charge in [-0.2, -0.15) is 0 Å². The second-order valence-electron chi connectivity index (χ2n) is 3.78. The molecule has 9 heteroatoms. The predicted molar refractivity (Wildman–Crippen MR) is 63.7 cm³/mol. The van der Waals surface area contributed by atoms with Crippen LogP contribution in [0.4, 0.5) is 19.3 Å². The van der Waals surface area contributed by atoms with Gasteiger partial charge in [0.25, 0.3) is 0 Å². The number of carbonyl (C=O) groups is 3. The van der Waals surface area contributed by atoms with Crippen molar-refractivity contribution in [2.45, 2.75) is 12.5 Å². The summed E-state index contributed by atoms with van der Waals surface area (Å²) in [6, 6.07) is -0.305. The van der Waals surface area contributed by atoms with Crippen molar-refractivity contribution in [3.8, 4) is 0 Å². The largest absolute Gasteiger partial charge is 0.480 e. The van der Waals surface area contributed by atoms with Gasteiger partial charge in [-0.25, -0.2) is 18.4 Å². The van der Waals surface area contributed by atoms with Crippen molar-refractivity contribution in [3.05, 3.63) is 29.8 Å². The number of aliphatic carboxylic acids is 1. The highest BCUT2D eigenvalue weighted by Gasteiger charge is 2.22. The third-order valence-corrected chi connectivity index (χ3v) is 2.19. The van der Waals surface area contributed by atoms with E-state index in [4.69, 9.17) is 10.8 Å². The number of carboxylic acid groups (broad SMARTS) is 1. The summed E-state index contributed by atoms with van der Waals surface area (Å²) in [6.45, 7) is 0. The molecule has 0 spiro atoms. The average Bonchev–Trinajstić information content (AvgIpc) is 2.32. The molecule has 0 saturated carbocycles. The van der Waals surface area contributed by atoms with E-state index in [0.717, 1.165) is 18.2 Å². The SMILES string of the molecule is NC(=O)C[C@@H](NC(=O)Nc1cc(F)ccc1F)C(=O)O. The van der Waals surface area contributed by atoms with Crippen LogP contribution in [0.1, 0.15) is 6.42 Å². The number of anilines is 1. The smallest absolute Gasteiger partial charge is 0.326 e. The molecule has 0 aromatic heterocycles. The van der Waals surface area contributed by atoms with E-state index < -0.39 is 47.7 Å². The molecule has 0 saturated heterocycles. The van der Waals surface area contributed by atoms with Crippen LogP contribution in [0.15, 0.2) is 18.2 Å². The molecule has 1 atom stereocenters. The first-order valence-corrected chi connectivity index (χ1v) is 5.33. The lowest BCUT2D eigenvalue weighted by atomic mass is 10.2. The molecule has 0 radical (unpaired) electrons. The zero-order valence-corrected chi connectivity index (χ0v) is 10.0. The third-order valence-electron chi connectivity index (χ3n) is 2.19. The first-order valence-electron chi connectivity index (χ1n) is 5.33. The number of benzene rings is 1. The van der Waals surface area contributed by atoms with E-state index in [-0.39, 0.29) is 0 Å². The first-order chi connectivity index (χ1) is 9.29. The Bertz CT molecular complexity index is 550. The Hall–Kier alpha value is -2.71. The number of carboxylic acids is 1. The number of halogens is 2. The van der Waals surface area contributed by atoms with Crippen LogP contribution >= 0.6 is 0 Å². The van der Waals surface area contributed by atoms with Crippen LogP contribution in [0.25, 0.3) is 0 Å². The summed E-state index contributed by atoms with van der Waals surface area (Å²) < 4.78 is 26.1. The molecule has 3 amide bonds. The van der Waals surface area contributed by atoms with Gasteiger partial charge < -0.3 is 21.5 Å². The third kappa shape index (κ3) is 4.52. The molecule has 0 heterocycles. The van der Waals surface area contributed by atoms with Crippen molar-refractivity contribution in [2.75, 3.05) is 5.32 Å². The van der Waals surface area contributed by atoms with Crippen LogP contribution in [0.3, 0.4) is 0 Å². The fourth-order valence-corrected chi connectivity index (χ4v) is 1.31. The number of rotatable bonds is 5. The molecule has 1 aromatic rings. The van der Waals surface area contributed by atoms with Gasteiger partial charge in [0.1, 0.15) is 17.7 Å². The maximum Gasteiger partial charge on any atom is 0.326 e. The molecule has 0 bridgehead atoms. The topological polar surface area (TPSA) is 122 Å². The van der Waals surface area contributed by atoms with Crippen molar-refractivity contribution in [3.63, 3.8) is 0 Å². The summed E-state index contributed by atoms with van der Waals surface area (Å²) in [5, 5.41) is 12.6. The highest BCUT2D eigenvalue weighted by molar-refractivity contribution is 5.93. The zero-order chi connectivity index (χ0) is 15.3. The van der Waals surface area contributed by atoms with E-state index in [2.05, 4.69) is 0 Å². The highest BCUT2D eigenvalue weighted by Crippen LogP contribution is 2.14. The number of amides is 3. The molecular formula is C11H11F2N3O4. The molecule has 20 heavy (non-hydrogen) atoms. The number of hydrogen-bond donors (Lipinski definition) is 4. The van der Waals surface area contributed by atoms with Crippen molar-refractivity contribution in [1.29, 1.82) is 0 Å². The van der Waals surface area contributed by atoms with Crippen LogP contribution in [-0.2, 0) is 9.59 Å². The number of carbonyl (C=O) groups excluding carboxylic acids is 2. The quantitative estimate of drug-likeness (QED) is 0.626. The van der Waals surface area contributed by atoms with Gasteiger partial charge in [0.2, 0.25) is 5.91 Å². The Morgan fingerprint density at radius 3 is 2.50 bits per heavy atom. The minimum absolute atomic E-state index is 0.467. The maximum absolute atomic E-state index is 13.2. The summed E-state index contributed by atoms with van der Waals surface area (Å²) in [7, 11) is 0. The minimum atomic E-state index is -1.57. The average molecular weight is 287 g/mol. The van der Waals surface area contributed by atoms with Gasteiger partial charge in [0.15, 0.2) is 0 Å². The van der Waals surface area contributed by atoms with Crippen LogP contribution < -0.4 is 16.4 Å². The summed E-state index contributed by atoms with van der Waals surface area (Å²) >= 11 is 0. The monoisotopic (exact) mass is 287 g/mol. The van der Waals surface area contributed by atoms with Crippen molar-refractivity contribution in [1.82, 2.24) is 5.32 Å². The standard InChI is InChI=1S/C11H11F2N3O4/c12-5-1-2-6(13)7(3-5)15-11(20)16-8(10(18)19)4-9(14)17/h1-3,8H,4H2,(H2,14,17)(H,18,19)(H2,15,16,20)/t8-/m1/s1. The van der Waals surface area contributed by atoms with Crippen LogP contribution in [0.5, 0.6) is 0 Å². The maximum atomic E-state index is 13.2. The Labute approximate surface area is 111 Å². The molecule has 0 aliphatic carbocycles. The van der Waals surface area contributed by atoms with Gasteiger partial charge >= 0.3 is 12.0 Å². The summed E-state index contributed by atoms with van der Waals surface area (Å²) in [4.78, 5) is 32.8. The number of urea groups is 1. The molecule has 1 aromatic carbocycles. The van der Waals surface area contributed by atoms with Gasteiger partial charge in [0.05, 0.1) is 12.1 Å². The van der Waals surface area contributed by atoms with Gasteiger partial charge in [-0.15, -0.1) is 0 Å². The van der Waals surface area contributed by atoms with E-state index in [1.54, 1.807) is 0 Å². The summed E-state index contributed by atoms with van der Waals surface area (Å²) in [5.74, 6) is -4.11. The molecule has 1 rings (SSSR count). The van der Waals surface area contributed by atoms with Crippen molar-refractivity contribution >= 4 is 23.6 Å². The van der Waals surface area contributed by atoms with E-state index >= 15 is 0 Å². The lowest BCUT2D eigenvalue weighted by Crippen LogP contribution is -2.45. The van der Waals surface area contributed by atoms with E-state index in [1.165, 1.54) is 0 Å². The highest BCUT2D eigenvalue weighted by atomic mass is 19.1. The second kappa shape index (κ2) is 6.45. The molecule has 0 unspecified atom stereocenters. The molecular weight excluding hydrogens is 276 g/mol. The second-order valence-corrected chi connectivity index (χ2v) is 3.78. The van der Waals surface area contributed by atoms with Gasteiger partial charge in [-0.3, -0.25) is 4.79 Å². The van der Waals surface area contributed by atoms with Crippen LogP contribution in [0.2, 0.25) is 0 Å². The minimum Gasteiger partial charge on any atom is -0.480 e. The summed E-state index contributed by atoms with van der Waals surface area (Å²) in [5.41, 5.74) is 4.35. The number of nitrogens with two attached hydrogens (primary N) is 1. The molecule has 108 valence electrons. The van der Waals surface area contributed by atoms with Crippen LogP contribution in [0, 0.1) is 11.6 Å². The van der Waals surface area contributed by atoms with Crippen molar-refractivity contribution < 1.29 is 28.3 Å². The lowest BCUT2D eigenvalue weighted by molar-refractivity contribution is -0.140. The molecule has 0 aliphatic heterocycles. The Kier molecular flexibility index (Phi) is 4.95. The van der Waals surface area contributed by atoms with E-state index in [0.29, 0.717) is 0 Å². The van der Waals surface area contributed by atoms with Crippen LogP contribution in [-0.4, -0.2) is 29.1 Å². The molecule has 0 aliphatic rings.